The van der Waals surface area contributed by atoms with E-state index < -0.39 is 18.1 Å². The molecule has 2 N–H and O–H groups in total. The number of rotatable bonds is 5. The number of hydrogen-bond donors (Lipinski definition) is 2. The minimum absolute atomic E-state index is 0.145. The Bertz CT molecular complexity index is 368. The van der Waals surface area contributed by atoms with E-state index in [1.807, 2.05) is 13.8 Å². The van der Waals surface area contributed by atoms with E-state index in [1.54, 1.807) is 0 Å². The Balaban J connectivity index is 2.66. The van der Waals surface area contributed by atoms with Crippen LogP contribution in [0.25, 0.3) is 0 Å². The van der Waals surface area contributed by atoms with E-state index in [4.69, 9.17) is 5.11 Å². The summed E-state index contributed by atoms with van der Waals surface area (Å²) in [5.74, 6) is -1.36. The van der Waals surface area contributed by atoms with Crippen LogP contribution in [0, 0.1) is 5.92 Å². The summed E-state index contributed by atoms with van der Waals surface area (Å²) < 4.78 is 0. The number of carboxylic acid groups (broad SMARTS) is 1. The highest BCUT2D eigenvalue weighted by molar-refractivity contribution is 5.90. The summed E-state index contributed by atoms with van der Waals surface area (Å²) in [5.41, 5.74) is 0. The molecule has 0 spiro atoms. The predicted molar refractivity (Wildman–Crippen MR) is 69.4 cm³/mol. The predicted octanol–water partition coefficient (Wildman–Crippen LogP) is 0.613. The van der Waals surface area contributed by atoms with E-state index in [1.165, 1.54) is 11.8 Å². The lowest BCUT2D eigenvalue weighted by atomic mass is 10.0. The Labute approximate surface area is 113 Å². The molecule has 1 aliphatic heterocycles. The van der Waals surface area contributed by atoms with E-state index >= 15 is 0 Å². The van der Waals surface area contributed by atoms with Crippen LogP contribution >= 0.6 is 0 Å². The second-order valence-electron chi connectivity index (χ2n) is 5.40. The minimum atomic E-state index is -1.03. The van der Waals surface area contributed by atoms with Crippen molar-refractivity contribution >= 4 is 17.8 Å². The summed E-state index contributed by atoms with van der Waals surface area (Å²) in [6.45, 7) is 5.79. The van der Waals surface area contributed by atoms with Crippen LogP contribution in [-0.4, -0.2) is 46.4 Å². The van der Waals surface area contributed by atoms with Gasteiger partial charge in [0.05, 0.1) is 0 Å². The second-order valence-corrected chi connectivity index (χ2v) is 5.40. The van der Waals surface area contributed by atoms with Crippen molar-refractivity contribution in [3.8, 4) is 0 Å². The van der Waals surface area contributed by atoms with Crippen LogP contribution < -0.4 is 5.32 Å². The molecule has 19 heavy (non-hydrogen) atoms. The summed E-state index contributed by atoms with van der Waals surface area (Å²) in [7, 11) is 0. The lowest BCUT2D eigenvalue weighted by Crippen LogP contribution is -2.50. The Morgan fingerprint density at radius 1 is 1.37 bits per heavy atom. The van der Waals surface area contributed by atoms with Gasteiger partial charge in [0, 0.05) is 13.5 Å². The fraction of sp³-hybridized carbons (Fsp3) is 0.769. The topological polar surface area (TPSA) is 86.7 Å². The van der Waals surface area contributed by atoms with Gasteiger partial charge in [-0.05, 0) is 25.2 Å². The number of aliphatic carboxylic acids is 1. The molecule has 1 saturated heterocycles. The number of carbonyl (C=O) groups excluding carboxylic acids is 2. The number of carbonyl (C=O) groups is 3. The van der Waals surface area contributed by atoms with E-state index in [2.05, 4.69) is 5.32 Å². The molecular weight excluding hydrogens is 248 g/mol. The molecule has 1 heterocycles. The summed E-state index contributed by atoms with van der Waals surface area (Å²) in [6, 6.07) is -1.41. The molecule has 0 unspecified atom stereocenters. The molecule has 1 fully saturated rings. The monoisotopic (exact) mass is 270 g/mol. The fourth-order valence-corrected chi connectivity index (χ4v) is 2.38. The Kier molecular flexibility index (Phi) is 5.32. The summed E-state index contributed by atoms with van der Waals surface area (Å²) in [6.07, 6.45) is 1.76. The zero-order chi connectivity index (χ0) is 14.6. The lowest BCUT2D eigenvalue weighted by molar-refractivity contribution is -0.144. The van der Waals surface area contributed by atoms with Gasteiger partial charge in [-0.1, -0.05) is 13.8 Å². The first kappa shape index (κ1) is 15.5. The van der Waals surface area contributed by atoms with Crippen LogP contribution in [0.4, 0.5) is 0 Å². The smallest absolute Gasteiger partial charge is 0.326 e. The number of amides is 2. The molecule has 0 aromatic carbocycles. The molecule has 108 valence electrons. The number of nitrogens with zero attached hydrogens (tertiary/aromatic N) is 1. The van der Waals surface area contributed by atoms with Gasteiger partial charge in [0.25, 0.3) is 0 Å². The van der Waals surface area contributed by atoms with Crippen LogP contribution in [0.2, 0.25) is 0 Å². The highest BCUT2D eigenvalue weighted by atomic mass is 16.4. The first-order valence-electron chi connectivity index (χ1n) is 6.63. The van der Waals surface area contributed by atoms with Gasteiger partial charge in [-0.2, -0.15) is 0 Å². The number of likely N-dealkylation sites (tertiary alicyclic amines) is 1. The highest BCUT2D eigenvalue weighted by Crippen LogP contribution is 2.18. The maximum atomic E-state index is 12.1. The van der Waals surface area contributed by atoms with E-state index in [-0.39, 0.29) is 17.7 Å². The average Bonchev–Trinajstić information content (AvgIpc) is 2.76. The van der Waals surface area contributed by atoms with Crippen molar-refractivity contribution < 1.29 is 19.5 Å². The molecule has 0 radical (unpaired) electrons. The number of carboxylic acids is 1. The van der Waals surface area contributed by atoms with E-state index in [9.17, 15) is 14.4 Å². The van der Waals surface area contributed by atoms with Gasteiger partial charge >= 0.3 is 5.97 Å². The van der Waals surface area contributed by atoms with Crippen molar-refractivity contribution in [1.82, 2.24) is 10.2 Å². The largest absolute Gasteiger partial charge is 0.480 e. The van der Waals surface area contributed by atoms with Crippen LogP contribution in [0.1, 0.15) is 40.0 Å². The first-order valence-corrected chi connectivity index (χ1v) is 6.63. The van der Waals surface area contributed by atoms with Crippen molar-refractivity contribution in [3.63, 3.8) is 0 Å². The molecule has 0 aromatic heterocycles. The number of nitrogens with one attached hydrogen (secondary N) is 1. The van der Waals surface area contributed by atoms with Crippen LogP contribution in [-0.2, 0) is 14.4 Å². The molecule has 1 aliphatic rings. The molecule has 0 bridgehead atoms. The van der Waals surface area contributed by atoms with Crippen molar-refractivity contribution in [1.29, 1.82) is 0 Å². The minimum Gasteiger partial charge on any atom is -0.480 e. The summed E-state index contributed by atoms with van der Waals surface area (Å²) in [4.78, 5) is 36.1. The highest BCUT2D eigenvalue weighted by Gasteiger charge is 2.34. The molecule has 0 aromatic rings. The van der Waals surface area contributed by atoms with Crippen LogP contribution in [0.3, 0.4) is 0 Å². The Morgan fingerprint density at radius 3 is 2.47 bits per heavy atom. The van der Waals surface area contributed by atoms with E-state index in [0.29, 0.717) is 19.4 Å². The third-order valence-electron chi connectivity index (χ3n) is 3.28. The zero-order valence-corrected chi connectivity index (χ0v) is 11.7. The number of hydrogen-bond acceptors (Lipinski definition) is 3. The van der Waals surface area contributed by atoms with Crippen molar-refractivity contribution in [2.24, 2.45) is 5.92 Å². The molecule has 1 rings (SSSR count). The summed E-state index contributed by atoms with van der Waals surface area (Å²) in [5, 5.41) is 11.6. The molecule has 6 heteroatoms. The van der Waals surface area contributed by atoms with Gasteiger partial charge in [0.1, 0.15) is 12.1 Å². The molecule has 6 nitrogen and oxygen atoms in total. The second kappa shape index (κ2) is 6.54. The Hall–Kier alpha value is -1.59. The Morgan fingerprint density at radius 2 is 2.00 bits per heavy atom. The van der Waals surface area contributed by atoms with Gasteiger partial charge in [-0.25, -0.2) is 4.79 Å². The lowest BCUT2D eigenvalue weighted by Gasteiger charge is -2.24. The van der Waals surface area contributed by atoms with Gasteiger partial charge in [0.2, 0.25) is 11.8 Å². The van der Waals surface area contributed by atoms with Crippen molar-refractivity contribution in [2.45, 2.75) is 52.1 Å². The normalized spacial score (nSPS) is 20.4. The molecule has 2 amide bonds. The fourth-order valence-electron chi connectivity index (χ4n) is 2.38. The van der Waals surface area contributed by atoms with Gasteiger partial charge < -0.3 is 15.3 Å². The SMILES string of the molecule is CC(=O)N1CCC[C@H]1C(=O)N[C@@H](CC(C)C)C(=O)O. The average molecular weight is 270 g/mol. The van der Waals surface area contributed by atoms with Crippen molar-refractivity contribution in [3.05, 3.63) is 0 Å². The maximum Gasteiger partial charge on any atom is 0.326 e. The standard InChI is InChI=1S/C13H22N2O4/c1-8(2)7-10(13(18)19)14-12(17)11-5-4-6-15(11)9(3)16/h8,10-11H,4-7H2,1-3H3,(H,14,17)(H,18,19)/t10-,11-/m0/s1. The van der Waals surface area contributed by atoms with Crippen LogP contribution in [0.15, 0.2) is 0 Å². The van der Waals surface area contributed by atoms with Crippen molar-refractivity contribution in [2.75, 3.05) is 6.54 Å². The molecule has 0 saturated carbocycles. The van der Waals surface area contributed by atoms with Gasteiger partial charge in [-0.3, -0.25) is 9.59 Å². The third-order valence-corrected chi connectivity index (χ3v) is 3.28. The summed E-state index contributed by atoms with van der Waals surface area (Å²) >= 11 is 0. The molecule has 2 atom stereocenters. The zero-order valence-electron chi connectivity index (χ0n) is 11.7. The molecule has 0 aliphatic carbocycles. The van der Waals surface area contributed by atoms with Gasteiger partial charge in [0.15, 0.2) is 0 Å². The van der Waals surface area contributed by atoms with E-state index in [0.717, 1.165) is 6.42 Å². The molecular formula is C13H22N2O4. The van der Waals surface area contributed by atoms with Crippen LogP contribution in [0.5, 0.6) is 0 Å². The first-order chi connectivity index (χ1) is 8.82. The maximum absolute atomic E-state index is 12.1. The van der Waals surface area contributed by atoms with Gasteiger partial charge in [-0.15, -0.1) is 0 Å². The quantitative estimate of drug-likeness (QED) is 0.766. The third kappa shape index (κ3) is 4.22.